The number of hydrogen-bond donors (Lipinski definition) is 0. The van der Waals surface area contributed by atoms with Crippen molar-refractivity contribution in [2.24, 2.45) is 0 Å². The van der Waals surface area contributed by atoms with Crippen LogP contribution in [-0.4, -0.2) is 36.1 Å². The molecule has 0 aromatic heterocycles. The molecule has 0 aliphatic carbocycles. The van der Waals surface area contributed by atoms with Gasteiger partial charge in [-0.05, 0) is 30.3 Å². The highest BCUT2D eigenvalue weighted by Crippen LogP contribution is 2.55. The zero-order chi connectivity index (χ0) is 20.8. The number of fused-ring (bicyclic) bond motifs is 2. The van der Waals surface area contributed by atoms with Gasteiger partial charge in [0.05, 0.1) is 19.3 Å². The van der Waals surface area contributed by atoms with Crippen molar-refractivity contribution in [1.29, 1.82) is 0 Å². The molecular weight excluding hydrogens is 398 g/mol. The minimum atomic E-state index is -1.24. The van der Waals surface area contributed by atoms with E-state index in [1.54, 1.807) is 30.0 Å². The van der Waals surface area contributed by atoms with Crippen LogP contribution in [0.2, 0.25) is 0 Å². The van der Waals surface area contributed by atoms with E-state index in [9.17, 15) is 18.4 Å². The molecule has 152 valence electrons. The highest BCUT2D eigenvalue weighted by atomic mass is 32.2. The summed E-state index contributed by atoms with van der Waals surface area (Å²) >= 11 is 1.37. The van der Waals surface area contributed by atoms with E-state index in [2.05, 4.69) is 0 Å². The van der Waals surface area contributed by atoms with Crippen LogP contribution in [0.15, 0.2) is 36.4 Å². The normalized spacial score (nSPS) is 20.5. The average Bonchev–Trinajstić information content (AvgIpc) is 3.26. The largest absolute Gasteiger partial charge is 0.497 e. The quantitative estimate of drug-likeness (QED) is 0.761. The number of carbonyl (C=O) groups excluding carboxylic acids is 2. The molecular formula is C21H20F2N2O3S. The van der Waals surface area contributed by atoms with Crippen molar-refractivity contribution in [3.05, 3.63) is 59.2 Å². The van der Waals surface area contributed by atoms with Gasteiger partial charge in [-0.3, -0.25) is 9.59 Å². The lowest BCUT2D eigenvalue weighted by Crippen LogP contribution is -2.50. The Hall–Kier alpha value is -2.61. The third kappa shape index (κ3) is 2.88. The zero-order valence-electron chi connectivity index (χ0n) is 16.1. The summed E-state index contributed by atoms with van der Waals surface area (Å²) in [7, 11) is 1.52. The third-order valence-corrected chi connectivity index (χ3v) is 6.80. The van der Waals surface area contributed by atoms with Crippen molar-refractivity contribution in [3.63, 3.8) is 0 Å². The monoisotopic (exact) mass is 418 g/mol. The number of halogens is 2. The van der Waals surface area contributed by atoms with Gasteiger partial charge in [-0.1, -0.05) is 13.0 Å². The molecule has 2 aliphatic rings. The van der Waals surface area contributed by atoms with E-state index in [1.807, 2.05) is 0 Å². The number of anilines is 1. The highest BCUT2D eigenvalue weighted by Gasteiger charge is 2.59. The molecule has 2 amide bonds. The van der Waals surface area contributed by atoms with Crippen LogP contribution in [0.1, 0.15) is 24.5 Å². The van der Waals surface area contributed by atoms with Gasteiger partial charge < -0.3 is 14.5 Å². The molecule has 2 heterocycles. The smallest absolute Gasteiger partial charge is 0.268 e. The van der Waals surface area contributed by atoms with E-state index in [4.69, 9.17) is 4.74 Å². The van der Waals surface area contributed by atoms with Crippen LogP contribution in [0.5, 0.6) is 5.75 Å². The standard InChI is InChI=1S/C21H20F2N2O3S/c1-3-19(26)25-9-10-29-21(25)15-11-13(28-2)7-8-18(15)24(20(21)27)12-14-16(22)5-4-6-17(14)23/h4-8,11H,3,9-10,12H2,1-2H3. The number of benzene rings is 2. The van der Waals surface area contributed by atoms with Crippen molar-refractivity contribution in [2.45, 2.75) is 24.8 Å². The Kier molecular flexibility index (Phi) is 4.98. The molecule has 1 saturated heterocycles. The summed E-state index contributed by atoms with van der Waals surface area (Å²) in [6, 6.07) is 8.75. The first-order valence-electron chi connectivity index (χ1n) is 9.31. The molecule has 8 heteroatoms. The summed E-state index contributed by atoms with van der Waals surface area (Å²) in [5, 5.41) is 0. The van der Waals surface area contributed by atoms with Gasteiger partial charge in [-0.25, -0.2) is 8.78 Å². The molecule has 2 aromatic carbocycles. The van der Waals surface area contributed by atoms with Gasteiger partial charge in [-0.15, -0.1) is 11.8 Å². The molecule has 1 spiro atoms. The van der Waals surface area contributed by atoms with Crippen LogP contribution in [0, 0.1) is 11.6 Å². The van der Waals surface area contributed by atoms with Crippen LogP contribution in [-0.2, 0) is 21.0 Å². The maximum absolute atomic E-state index is 14.3. The lowest BCUT2D eigenvalue weighted by atomic mass is 10.0. The minimum absolute atomic E-state index is 0.143. The van der Waals surface area contributed by atoms with Crippen LogP contribution in [0.25, 0.3) is 0 Å². The van der Waals surface area contributed by atoms with Gasteiger partial charge in [0.1, 0.15) is 17.4 Å². The number of carbonyl (C=O) groups is 2. The van der Waals surface area contributed by atoms with E-state index in [0.29, 0.717) is 29.3 Å². The van der Waals surface area contributed by atoms with Crippen molar-refractivity contribution in [1.82, 2.24) is 4.90 Å². The molecule has 5 nitrogen and oxygen atoms in total. The summed E-state index contributed by atoms with van der Waals surface area (Å²) < 4.78 is 33.9. The van der Waals surface area contributed by atoms with Gasteiger partial charge in [-0.2, -0.15) is 0 Å². The highest BCUT2D eigenvalue weighted by molar-refractivity contribution is 8.01. The van der Waals surface area contributed by atoms with E-state index >= 15 is 0 Å². The average molecular weight is 418 g/mol. The van der Waals surface area contributed by atoms with Gasteiger partial charge in [0.2, 0.25) is 5.91 Å². The molecule has 29 heavy (non-hydrogen) atoms. The van der Waals surface area contributed by atoms with Gasteiger partial charge >= 0.3 is 0 Å². The second-order valence-electron chi connectivity index (χ2n) is 6.87. The Labute approximate surface area is 171 Å². The number of nitrogens with zero attached hydrogens (tertiary/aromatic N) is 2. The number of methoxy groups -OCH3 is 1. The van der Waals surface area contributed by atoms with Crippen molar-refractivity contribution in [2.75, 3.05) is 24.3 Å². The predicted octanol–water partition coefficient (Wildman–Crippen LogP) is 3.66. The first-order valence-corrected chi connectivity index (χ1v) is 10.3. The molecule has 1 fully saturated rings. The number of rotatable bonds is 4. The number of hydrogen-bond acceptors (Lipinski definition) is 4. The van der Waals surface area contributed by atoms with E-state index < -0.39 is 16.5 Å². The Bertz CT molecular complexity index is 980. The van der Waals surface area contributed by atoms with E-state index in [1.165, 1.54) is 42.0 Å². The van der Waals surface area contributed by atoms with Gasteiger partial charge in [0.25, 0.3) is 5.91 Å². The second kappa shape index (κ2) is 7.33. The fourth-order valence-electron chi connectivity index (χ4n) is 3.97. The van der Waals surface area contributed by atoms with E-state index in [-0.39, 0.29) is 30.3 Å². The summed E-state index contributed by atoms with van der Waals surface area (Å²) in [6.45, 7) is 1.92. The Morgan fingerprint density at radius 1 is 1.24 bits per heavy atom. The van der Waals surface area contributed by atoms with E-state index in [0.717, 1.165) is 0 Å². The SMILES string of the molecule is CCC(=O)N1CCSC12C(=O)N(Cc1c(F)cccc1F)c1ccc(OC)cc12. The van der Waals surface area contributed by atoms with Crippen molar-refractivity contribution in [3.8, 4) is 5.75 Å². The Balaban J connectivity index is 1.86. The van der Waals surface area contributed by atoms with Crippen LogP contribution < -0.4 is 9.64 Å². The fourth-order valence-corrected chi connectivity index (χ4v) is 5.44. The molecule has 0 N–H and O–H groups in total. The number of thioether (sulfide) groups is 1. The maximum atomic E-state index is 14.3. The minimum Gasteiger partial charge on any atom is -0.497 e. The van der Waals surface area contributed by atoms with Gasteiger partial charge in [0, 0.05) is 29.8 Å². The summed E-state index contributed by atoms with van der Waals surface area (Å²) in [5.74, 6) is -0.797. The molecule has 1 atom stereocenters. The van der Waals surface area contributed by atoms with Crippen molar-refractivity contribution < 1.29 is 23.1 Å². The molecule has 4 rings (SSSR count). The Morgan fingerprint density at radius 2 is 1.97 bits per heavy atom. The van der Waals surface area contributed by atoms with Crippen LogP contribution in [0.4, 0.5) is 14.5 Å². The summed E-state index contributed by atoms with van der Waals surface area (Å²) in [5.41, 5.74) is 0.959. The lowest BCUT2D eigenvalue weighted by Gasteiger charge is -2.33. The zero-order valence-corrected chi connectivity index (χ0v) is 16.9. The molecule has 2 aliphatic heterocycles. The topological polar surface area (TPSA) is 49.9 Å². The summed E-state index contributed by atoms with van der Waals surface area (Å²) in [4.78, 5) is 28.0. The molecule has 1 unspecified atom stereocenters. The summed E-state index contributed by atoms with van der Waals surface area (Å²) in [6.07, 6.45) is 0.261. The fraction of sp³-hybridized carbons (Fsp3) is 0.333. The molecule has 0 bridgehead atoms. The molecule has 0 saturated carbocycles. The number of amides is 2. The second-order valence-corrected chi connectivity index (χ2v) is 8.15. The van der Waals surface area contributed by atoms with Crippen molar-refractivity contribution >= 4 is 29.3 Å². The molecule has 2 aromatic rings. The lowest BCUT2D eigenvalue weighted by molar-refractivity contribution is -0.139. The van der Waals surface area contributed by atoms with Crippen LogP contribution in [0.3, 0.4) is 0 Å². The molecule has 0 radical (unpaired) electrons. The number of ether oxygens (including phenoxy) is 1. The van der Waals surface area contributed by atoms with Gasteiger partial charge in [0.15, 0.2) is 4.87 Å². The predicted molar refractivity (Wildman–Crippen MR) is 107 cm³/mol. The first kappa shape index (κ1) is 19.7. The van der Waals surface area contributed by atoms with Crippen LogP contribution >= 0.6 is 11.8 Å². The maximum Gasteiger partial charge on any atom is 0.268 e. The first-order chi connectivity index (χ1) is 13.9. The third-order valence-electron chi connectivity index (χ3n) is 5.38. The Morgan fingerprint density at radius 3 is 2.62 bits per heavy atom.